The van der Waals surface area contributed by atoms with Gasteiger partial charge in [0.2, 0.25) is 0 Å². The smallest absolute Gasteiger partial charge is 0.121 e. The highest BCUT2D eigenvalue weighted by Crippen LogP contribution is 2.24. The van der Waals surface area contributed by atoms with E-state index in [-0.39, 0.29) is 6.04 Å². The number of hydrogen-bond donors (Lipinski definition) is 1. The molecule has 0 spiro atoms. The number of rotatable bonds is 3. The number of nitrogens with one attached hydrogen (secondary N) is 1. The number of halogens is 1. The molecule has 72 valence electrons. The second kappa shape index (κ2) is 4.12. The highest BCUT2D eigenvalue weighted by Gasteiger charge is 2.24. The molecule has 0 heterocycles. The van der Waals surface area contributed by atoms with Crippen LogP contribution in [0, 0.1) is 11.3 Å². The first-order valence-electron chi connectivity index (χ1n) is 4.71. The van der Waals surface area contributed by atoms with Crippen molar-refractivity contribution in [2.45, 2.75) is 24.9 Å². The summed E-state index contributed by atoms with van der Waals surface area (Å²) in [6, 6.07) is 10.6. The van der Waals surface area contributed by atoms with Gasteiger partial charge in [-0.1, -0.05) is 28.1 Å². The Hall–Kier alpha value is -0.850. The van der Waals surface area contributed by atoms with Crippen LogP contribution in [0.4, 0.5) is 0 Å². The molecule has 1 aromatic carbocycles. The zero-order valence-corrected chi connectivity index (χ0v) is 9.29. The third kappa shape index (κ3) is 2.34. The van der Waals surface area contributed by atoms with Crippen LogP contribution in [0.3, 0.4) is 0 Å². The van der Waals surface area contributed by atoms with Crippen molar-refractivity contribution in [3.05, 3.63) is 34.3 Å². The summed E-state index contributed by atoms with van der Waals surface area (Å²) < 4.78 is 1.05. The van der Waals surface area contributed by atoms with Crippen LogP contribution in [-0.4, -0.2) is 6.04 Å². The molecular weight excluding hydrogens is 240 g/mol. The summed E-state index contributed by atoms with van der Waals surface area (Å²) >= 11 is 3.38. The summed E-state index contributed by atoms with van der Waals surface area (Å²) in [7, 11) is 0. The van der Waals surface area contributed by atoms with Crippen LogP contribution in [-0.2, 0) is 0 Å². The molecule has 1 unspecified atom stereocenters. The maximum Gasteiger partial charge on any atom is 0.121 e. The van der Waals surface area contributed by atoms with Gasteiger partial charge in [0.1, 0.15) is 6.04 Å². The van der Waals surface area contributed by atoms with Gasteiger partial charge in [-0.3, -0.25) is 5.32 Å². The highest BCUT2D eigenvalue weighted by molar-refractivity contribution is 9.10. The fourth-order valence-corrected chi connectivity index (χ4v) is 1.61. The zero-order chi connectivity index (χ0) is 9.97. The summed E-state index contributed by atoms with van der Waals surface area (Å²) in [4.78, 5) is 0. The van der Waals surface area contributed by atoms with E-state index in [1.165, 1.54) is 12.8 Å². The van der Waals surface area contributed by atoms with E-state index < -0.39 is 0 Å². The maximum atomic E-state index is 9.00. The lowest BCUT2D eigenvalue weighted by molar-refractivity contribution is 0.626. The highest BCUT2D eigenvalue weighted by atomic mass is 79.9. The van der Waals surface area contributed by atoms with Crippen LogP contribution < -0.4 is 5.32 Å². The van der Waals surface area contributed by atoms with Crippen LogP contribution in [0.5, 0.6) is 0 Å². The fourth-order valence-electron chi connectivity index (χ4n) is 1.35. The van der Waals surface area contributed by atoms with Crippen molar-refractivity contribution in [3.63, 3.8) is 0 Å². The first-order valence-corrected chi connectivity index (χ1v) is 5.50. The molecule has 0 radical (unpaired) electrons. The molecule has 1 fully saturated rings. The van der Waals surface area contributed by atoms with E-state index in [1.54, 1.807) is 0 Å². The van der Waals surface area contributed by atoms with E-state index in [9.17, 15) is 0 Å². The van der Waals surface area contributed by atoms with Gasteiger partial charge >= 0.3 is 0 Å². The quantitative estimate of drug-likeness (QED) is 0.896. The van der Waals surface area contributed by atoms with Gasteiger partial charge in [-0.05, 0) is 30.5 Å². The normalized spacial score (nSPS) is 17.4. The van der Waals surface area contributed by atoms with Crippen molar-refractivity contribution in [2.24, 2.45) is 0 Å². The molecule has 0 aliphatic heterocycles. The van der Waals surface area contributed by atoms with E-state index in [2.05, 4.69) is 27.3 Å². The standard InChI is InChI=1S/C11H11BrN2/c12-9-3-1-8(2-4-9)11(7-13)14-10-5-6-10/h1-4,10-11,14H,5-6H2. The number of nitriles is 1. The predicted octanol–water partition coefficient (Wildman–Crippen LogP) is 2.77. The zero-order valence-electron chi connectivity index (χ0n) is 7.70. The minimum absolute atomic E-state index is 0.157. The molecule has 0 amide bonds. The second-order valence-corrected chi connectivity index (χ2v) is 4.47. The second-order valence-electron chi connectivity index (χ2n) is 3.55. The summed E-state index contributed by atoms with van der Waals surface area (Å²) in [5.74, 6) is 0. The van der Waals surface area contributed by atoms with Crippen LogP contribution in [0.25, 0.3) is 0 Å². The van der Waals surface area contributed by atoms with Gasteiger partial charge in [-0.25, -0.2) is 0 Å². The lowest BCUT2D eigenvalue weighted by atomic mass is 10.1. The maximum absolute atomic E-state index is 9.00. The van der Waals surface area contributed by atoms with E-state index in [4.69, 9.17) is 5.26 Å². The number of benzene rings is 1. The van der Waals surface area contributed by atoms with Gasteiger partial charge in [0.15, 0.2) is 0 Å². The van der Waals surface area contributed by atoms with Gasteiger partial charge in [-0.2, -0.15) is 5.26 Å². The van der Waals surface area contributed by atoms with E-state index in [0.29, 0.717) is 6.04 Å². The van der Waals surface area contributed by atoms with Gasteiger partial charge in [0.05, 0.1) is 6.07 Å². The largest absolute Gasteiger partial charge is 0.295 e. The topological polar surface area (TPSA) is 35.8 Å². The molecule has 1 aliphatic rings. The fraction of sp³-hybridized carbons (Fsp3) is 0.364. The first kappa shape index (κ1) is 9.70. The molecule has 1 N–H and O–H groups in total. The lowest BCUT2D eigenvalue weighted by Gasteiger charge is -2.10. The SMILES string of the molecule is N#CC(NC1CC1)c1ccc(Br)cc1. The molecule has 0 bridgehead atoms. The summed E-state index contributed by atoms with van der Waals surface area (Å²) in [5.41, 5.74) is 1.04. The molecule has 1 aromatic rings. The van der Waals surface area contributed by atoms with Crippen molar-refractivity contribution in [1.82, 2.24) is 5.32 Å². The molecule has 1 atom stereocenters. The third-order valence-electron chi connectivity index (χ3n) is 2.31. The molecule has 14 heavy (non-hydrogen) atoms. The average molecular weight is 251 g/mol. The molecule has 0 saturated heterocycles. The Kier molecular flexibility index (Phi) is 2.85. The number of hydrogen-bond acceptors (Lipinski definition) is 2. The Morgan fingerprint density at radius 2 is 2.00 bits per heavy atom. The van der Waals surface area contributed by atoms with Gasteiger partial charge < -0.3 is 0 Å². The van der Waals surface area contributed by atoms with Crippen molar-refractivity contribution in [2.75, 3.05) is 0 Å². The van der Waals surface area contributed by atoms with Crippen LogP contribution in [0.1, 0.15) is 24.4 Å². The molecule has 1 saturated carbocycles. The van der Waals surface area contributed by atoms with Crippen molar-refractivity contribution >= 4 is 15.9 Å². The minimum Gasteiger partial charge on any atom is -0.295 e. The average Bonchev–Trinajstić information content (AvgIpc) is 3.00. The van der Waals surface area contributed by atoms with Crippen LogP contribution >= 0.6 is 15.9 Å². The summed E-state index contributed by atoms with van der Waals surface area (Å²) in [6.07, 6.45) is 2.41. The minimum atomic E-state index is -0.157. The molecule has 0 aromatic heterocycles. The van der Waals surface area contributed by atoms with Crippen molar-refractivity contribution in [3.8, 4) is 6.07 Å². The number of nitrogens with zero attached hydrogens (tertiary/aromatic N) is 1. The Morgan fingerprint density at radius 1 is 1.36 bits per heavy atom. The third-order valence-corrected chi connectivity index (χ3v) is 2.84. The Labute approximate surface area is 92.1 Å². The van der Waals surface area contributed by atoms with E-state index in [0.717, 1.165) is 10.0 Å². The summed E-state index contributed by atoms with van der Waals surface area (Å²) in [5, 5.41) is 12.3. The first-order chi connectivity index (χ1) is 6.79. The Morgan fingerprint density at radius 3 is 2.50 bits per heavy atom. The molecule has 3 heteroatoms. The molecular formula is C11H11BrN2. The van der Waals surface area contributed by atoms with Crippen molar-refractivity contribution in [1.29, 1.82) is 5.26 Å². The van der Waals surface area contributed by atoms with Gasteiger partial charge in [0.25, 0.3) is 0 Å². The van der Waals surface area contributed by atoms with Crippen LogP contribution in [0.15, 0.2) is 28.7 Å². The molecule has 2 nitrogen and oxygen atoms in total. The molecule has 1 aliphatic carbocycles. The monoisotopic (exact) mass is 250 g/mol. The Bertz CT molecular complexity index is 349. The van der Waals surface area contributed by atoms with Crippen LogP contribution in [0.2, 0.25) is 0 Å². The Balaban J connectivity index is 2.10. The predicted molar refractivity (Wildman–Crippen MR) is 58.7 cm³/mol. The molecule has 2 rings (SSSR count). The van der Waals surface area contributed by atoms with E-state index >= 15 is 0 Å². The van der Waals surface area contributed by atoms with E-state index in [1.807, 2.05) is 24.3 Å². The summed E-state index contributed by atoms with van der Waals surface area (Å²) in [6.45, 7) is 0. The lowest BCUT2D eigenvalue weighted by Crippen LogP contribution is -2.21. The van der Waals surface area contributed by atoms with Gasteiger partial charge in [-0.15, -0.1) is 0 Å². The van der Waals surface area contributed by atoms with Gasteiger partial charge in [0, 0.05) is 10.5 Å². The van der Waals surface area contributed by atoms with Crippen molar-refractivity contribution < 1.29 is 0 Å².